The Kier molecular flexibility index (Phi) is 4.08. The van der Waals surface area contributed by atoms with Gasteiger partial charge in [0.2, 0.25) is 5.13 Å². The monoisotopic (exact) mass is 299 g/mol. The maximum absolute atomic E-state index is 5.74. The molecule has 3 aromatic rings. The van der Waals surface area contributed by atoms with E-state index in [1.807, 2.05) is 28.3 Å². The van der Waals surface area contributed by atoms with Crippen LogP contribution in [0.4, 0.5) is 0 Å². The highest BCUT2D eigenvalue weighted by Crippen LogP contribution is 2.25. The molecule has 0 saturated heterocycles. The lowest BCUT2D eigenvalue weighted by molar-refractivity contribution is 0.741. The van der Waals surface area contributed by atoms with Crippen molar-refractivity contribution in [3.8, 4) is 16.4 Å². The van der Waals surface area contributed by atoms with Crippen LogP contribution in [-0.4, -0.2) is 20.0 Å². The molecule has 0 aliphatic heterocycles. The summed E-state index contributed by atoms with van der Waals surface area (Å²) in [6.07, 6.45) is 1.93. The third-order valence-electron chi connectivity index (χ3n) is 3.27. The van der Waals surface area contributed by atoms with Crippen LogP contribution in [0.5, 0.6) is 0 Å². The van der Waals surface area contributed by atoms with Crippen LogP contribution < -0.4 is 5.73 Å². The summed E-state index contributed by atoms with van der Waals surface area (Å²) in [5, 5.41) is 11.3. The van der Waals surface area contributed by atoms with Crippen molar-refractivity contribution in [3.63, 3.8) is 0 Å². The maximum Gasteiger partial charge on any atom is 0.212 e. The van der Waals surface area contributed by atoms with E-state index >= 15 is 0 Å². The molecule has 2 heterocycles. The summed E-state index contributed by atoms with van der Waals surface area (Å²) in [6.45, 7) is 2.54. The molecule has 6 heteroatoms. The highest BCUT2D eigenvalue weighted by atomic mass is 32.1. The standard InChI is InChI=1S/C15H17N5S/c1-2-6-14-12(9-16)18-19-20(14)15-17-13(10-21-15)11-7-4-3-5-8-11/h3-5,7-8,10H,2,6,9,16H2,1H3. The van der Waals surface area contributed by atoms with Gasteiger partial charge in [-0.15, -0.1) is 16.4 Å². The molecule has 1 aromatic carbocycles. The van der Waals surface area contributed by atoms with Gasteiger partial charge in [-0.05, 0) is 6.42 Å². The summed E-state index contributed by atoms with van der Waals surface area (Å²) in [5.41, 5.74) is 9.72. The van der Waals surface area contributed by atoms with Crippen LogP contribution in [-0.2, 0) is 13.0 Å². The fraction of sp³-hybridized carbons (Fsp3) is 0.267. The number of thiazole rings is 1. The van der Waals surface area contributed by atoms with Crippen LogP contribution in [0.1, 0.15) is 24.7 Å². The van der Waals surface area contributed by atoms with Gasteiger partial charge >= 0.3 is 0 Å². The summed E-state index contributed by atoms with van der Waals surface area (Å²) < 4.78 is 1.82. The summed E-state index contributed by atoms with van der Waals surface area (Å²) >= 11 is 1.57. The van der Waals surface area contributed by atoms with Crippen LogP contribution in [0, 0.1) is 0 Å². The van der Waals surface area contributed by atoms with Crippen molar-refractivity contribution in [1.82, 2.24) is 20.0 Å². The summed E-state index contributed by atoms with van der Waals surface area (Å²) in [6, 6.07) is 10.1. The van der Waals surface area contributed by atoms with Crippen molar-refractivity contribution in [3.05, 3.63) is 47.1 Å². The number of rotatable bonds is 5. The molecule has 2 N–H and O–H groups in total. The first-order valence-electron chi connectivity index (χ1n) is 6.98. The van der Waals surface area contributed by atoms with Crippen molar-refractivity contribution in [1.29, 1.82) is 0 Å². The van der Waals surface area contributed by atoms with Gasteiger partial charge < -0.3 is 5.73 Å². The third kappa shape index (κ3) is 2.72. The Balaban J connectivity index is 1.99. The van der Waals surface area contributed by atoms with Crippen LogP contribution >= 0.6 is 11.3 Å². The molecule has 0 amide bonds. The molecule has 0 bridgehead atoms. The lowest BCUT2D eigenvalue weighted by atomic mass is 10.2. The van der Waals surface area contributed by atoms with Gasteiger partial charge in [0.1, 0.15) is 0 Å². The lowest BCUT2D eigenvalue weighted by Crippen LogP contribution is -2.05. The van der Waals surface area contributed by atoms with E-state index < -0.39 is 0 Å². The van der Waals surface area contributed by atoms with Crippen LogP contribution in [0.15, 0.2) is 35.7 Å². The Morgan fingerprint density at radius 1 is 1.24 bits per heavy atom. The smallest absolute Gasteiger partial charge is 0.212 e. The number of nitrogens with two attached hydrogens (primary N) is 1. The predicted octanol–water partition coefficient (Wildman–Crippen LogP) is 2.80. The third-order valence-corrected chi connectivity index (χ3v) is 4.08. The van der Waals surface area contributed by atoms with E-state index in [1.165, 1.54) is 0 Å². The molecule has 0 spiro atoms. The van der Waals surface area contributed by atoms with Gasteiger partial charge in [-0.25, -0.2) is 4.98 Å². The molecule has 5 nitrogen and oxygen atoms in total. The number of nitrogens with zero attached hydrogens (tertiary/aromatic N) is 4. The highest BCUT2D eigenvalue weighted by Gasteiger charge is 2.15. The van der Waals surface area contributed by atoms with E-state index in [2.05, 4.69) is 34.4 Å². The molecule has 0 aliphatic rings. The van der Waals surface area contributed by atoms with Gasteiger partial charge in [0, 0.05) is 17.5 Å². The van der Waals surface area contributed by atoms with Crippen molar-refractivity contribution < 1.29 is 0 Å². The Labute approximate surface area is 127 Å². The Morgan fingerprint density at radius 2 is 2.05 bits per heavy atom. The fourth-order valence-electron chi connectivity index (χ4n) is 2.24. The van der Waals surface area contributed by atoms with Gasteiger partial charge in [0.25, 0.3) is 0 Å². The Bertz CT molecular complexity index is 717. The first-order valence-corrected chi connectivity index (χ1v) is 7.86. The summed E-state index contributed by atoms with van der Waals surface area (Å²) in [7, 11) is 0. The highest BCUT2D eigenvalue weighted by molar-refractivity contribution is 7.12. The van der Waals surface area contributed by atoms with E-state index in [4.69, 9.17) is 5.73 Å². The van der Waals surface area contributed by atoms with Gasteiger partial charge in [-0.3, -0.25) is 0 Å². The molecule has 0 aliphatic carbocycles. The van der Waals surface area contributed by atoms with Gasteiger partial charge in [-0.2, -0.15) is 4.68 Å². The average Bonchev–Trinajstić information content (AvgIpc) is 3.15. The molecule has 0 radical (unpaired) electrons. The van der Waals surface area contributed by atoms with Crippen molar-refractivity contribution in [2.45, 2.75) is 26.3 Å². The number of hydrogen-bond acceptors (Lipinski definition) is 5. The normalized spacial score (nSPS) is 11.0. The largest absolute Gasteiger partial charge is 0.325 e. The minimum absolute atomic E-state index is 0.409. The molecule has 2 aromatic heterocycles. The first-order chi connectivity index (χ1) is 10.3. The van der Waals surface area contributed by atoms with Gasteiger partial charge in [0.05, 0.1) is 17.1 Å². The summed E-state index contributed by atoms with van der Waals surface area (Å²) in [4.78, 5) is 4.68. The van der Waals surface area contributed by atoms with E-state index in [9.17, 15) is 0 Å². The minimum atomic E-state index is 0.409. The first kappa shape index (κ1) is 13.9. The topological polar surface area (TPSA) is 69.6 Å². The minimum Gasteiger partial charge on any atom is -0.325 e. The number of hydrogen-bond donors (Lipinski definition) is 1. The SMILES string of the molecule is CCCc1c(CN)nnn1-c1nc(-c2ccccc2)cs1. The molecular weight excluding hydrogens is 282 g/mol. The predicted molar refractivity (Wildman–Crippen MR) is 84.4 cm³/mol. The number of aromatic nitrogens is 4. The van der Waals surface area contributed by atoms with E-state index in [0.29, 0.717) is 6.54 Å². The Hall–Kier alpha value is -2.05. The van der Waals surface area contributed by atoms with Crippen LogP contribution in [0.3, 0.4) is 0 Å². The zero-order valence-electron chi connectivity index (χ0n) is 11.9. The maximum atomic E-state index is 5.74. The van der Waals surface area contributed by atoms with Gasteiger partial charge in [0.15, 0.2) is 0 Å². The molecule has 21 heavy (non-hydrogen) atoms. The van der Waals surface area contributed by atoms with Crippen molar-refractivity contribution in [2.75, 3.05) is 0 Å². The van der Waals surface area contributed by atoms with Crippen LogP contribution in [0.2, 0.25) is 0 Å². The zero-order valence-corrected chi connectivity index (χ0v) is 12.7. The molecule has 108 valence electrons. The Morgan fingerprint density at radius 3 is 2.76 bits per heavy atom. The second-order valence-corrected chi connectivity index (χ2v) is 5.57. The van der Waals surface area contributed by atoms with E-state index in [-0.39, 0.29) is 0 Å². The van der Waals surface area contributed by atoms with Crippen LogP contribution in [0.25, 0.3) is 16.4 Å². The molecule has 0 atom stereocenters. The second-order valence-electron chi connectivity index (χ2n) is 4.73. The summed E-state index contributed by atoms with van der Waals surface area (Å²) in [5.74, 6) is 0. The lowest BCUT2D eigenvalue weighted by Gasteiger charge is -2.02. The molecular formula is C15H17N5S. The molecule has 0 saturated carbocycles. The molecule has 0 unspecified atom stereocenters. The molecule has 3 rings (SSSR count). The average molecular weight is 299 g/mol. The van der Waals surface area contributed by atoms with Crippen molar-refractivity contribution in [2.24, 2.45) is 5.73 Å². The quantitative estimate of drug-likeness (QED) is 0.786. The van der Waals surface area contributed by atoms with E-state index in [1.54, 1.807) is 11.3 Å². The zero-order chi connectivity index (χ0) is 14.7. The van der Waals surface area contributed by atoms with Crippen molar-refractivity contribution >= 4 is 11.3 Å². The molecule has 0 fully saturated rings. The fourth-order valence-corrected chi connectivity index (χ4v) is 3.04. The second kappa shape index (κ2) is 6.15. The number of benzene rings is 1. The van der Waals surface area contributed by atoms with E-state index in [0.717, 1.165) is 40.6 Å². The van der Waals surface area contributed by atoms with Gasteiger partial charge in [-0.1, -0.05) is 48.9 Å².